The van der Waals surface area contributed by atoms with Crippen molar-refractivity contribution in [3.05, 3.63) is 29.0 Å². The largest absolute Gasteiger partial charge is 0.244 e. The Morgan fingerprint density at radius 2 is 2.05 bits per heavy atom. The monoisotopic (exact) mass is 341 g/mol. The normalized spacial score (nSPS) is 25.8. The first-order chi connectivity index (χ1) is 9.03. The summed E-state index contributed by atoms with van der Waals surface area (Å²) in [5, 5.41) is 0.0797. The molecule has 2 rings (SSSR count). The van der Waals surface area contributed by atoms with Crippen molar-refractivity contribution in [2.24, 2.45) is 0 Å². The van der Waals surface area contributed by atoms with Crippen molar-refractivity contribution in [3.8, 4) is 0 Å². The van der Waals surface area contributed by atoms with Crippen LogP contribution in [0.2, 0.25) is 5.02 Å². The van der Waals surface area contributed by atoms with Crippen LogP contribution in [0.4, 0.5) is 4.39 Å². The molecule has 0 saturated carbocycles. The summed E-state index contributed by atoms with van der Waals surface area (Å²) in [6, 6.07) is 3.20. The number of hydrogen-bond acceptors (Lipinski definition) is 4. The van der Waals surface area contributed by atoms with E-state index in [1.165, 1.54) is 13.0 Å². The van der Waals surface area contributed by atoms with Crippen molar-refractivity contribution >= 4 is 31.5 Å². The van der Waals surface area contributed by atoms with Crippen LogP contribution < -0.4 is 4.72 Å². The molecule has 1 heterocycles. The van der Waals surface area contributed by atoms with Gasteiger partial charge in [-0.15, -0.1) is 0 Å². The number of rotatable bonds is 3. The van der Waals surface area contributed by atoms with E-state index in [1.807, 2.05) is 0 Å². The van der Waals surface area contributed by atoms with Crippen LogP contribution in [0.5, 0.6) is 0 Å². The standard InChI is InChI=1S/C11H13ClFNO4S2/c1-11(4-5-19(15,16)7-11)14-20(17,18)10-3-2-8(12)6-9(10)13/h2-3,6,14H,4-5,7H2,1H3/t11-/m0/s1. The van der Waals surface area contributed by atoms with E-state index in [9.17, 15) is 21.2 Å². The molecule has 0 bridgehead atoms. The minimum Gasteiger partial charge on any atom is -0.229 e. The lowest BCUT2D eigenvalue weighted by Crippen LogP contribution is -2.46. The van der Waals surface area contributed by atoms with Gasteiger partial charge in [0.2, 0.25) is 10.0 Å². The maximum absolute atomic E-state index is 13.7. The second kappa shape index (κ2) is 4.94. The Balaban J connectivity index is 2.33. The quantitative estimate of drug-likeness (QED) is 0.899. The lowest BCUT2D eigenvalue weighted by Gasteiger charge is -2.23. The van der Waals surface area contributed by atoms with Crippen LogP contribution in [0.15, 0.2) is 23.1 Å². The molecule has 9 heteroatoms. The summed E-state index contributed by atoms with van der Waals surface area (Å²) in [6.45, 7) is 1.49. The highest BCUT2D eigenvalue weighted by molar-refractivity contribution is 7.92. The molecule has 5 nitrogen and oxygen atoms in total. The second-order valence-corrected chi connectivity index (χ2v) is 9.35. The Labute approximate surface area is 122 Å². The third-order valence-corrected chi connectivity index (χ3v) is 6.88. The van der Waals surface area contributed by atoms with Gasteiger partial charge < -0.3 is 0 Å². The van der Waals surface area contributed by atoms with Crippen molar-refractivity contribution in [1.82, 2.24) is 4.72 Å². The Morgan fingerprint density at radius 1 is 1.40 bits per heavy atom. The van der Waals surface area contributed by atoms with Crippen molar-refractivity contribution in [1.29, 1.82) is 0 Å². The Hall–Kier alpha value is -0.700. The average molecular weight is 342 g/mol. The molecule has 0 unspecified atom stereocenters. The van der Waals surface area contributed by atoms with Gasteiger partial charge in [0, 0.05) is 10.6 Å². The molecule has 0 spiro atoms. The molecule has 0 aromatic heterocycles. The average Bonchev–Trinajstić information content (AvgIpc) is 2.50. The molecule has 112 valence electrons. The van der Waals surface area contributed by atoms with Crippen LogP contribution in [0, 0.1) is 5.82 Å². The fourth-order valence-corrected chi connectivity index (χ4v) is 6.00. The number of hydrogen-bond donors (Lipinski definition) is 1. The first-order valence-corrected chi connectivity index (χ1v) is 9.41. The van der Waals surface area contributed by atoms with Gasteiger partial charge in [-0.05, 0) is 31.5 Å². The minimum absolute atomic E-state index is 0.0797. The number of halogens is 2. The summed E-state index contributed by atoms with van der Waals surface area (Å²) in [4.78, 5) is -0.549. The van der Waals surface area contributed by atoms with Crippen LogP contribution in [0.3, 0.4) is 0 Å². The van der Waals surface area contributed by atoms with Crippen LogP contribution >= 0.6 is 11.6 Å². The number of benzene rings is 1. The zero-order valence-electron chi connectivity index (χ0n) is 10.6. The van der Waals surface area contributed by atoms with Gasteiger partial charge in [-0.3, -0.25) is 0 Å². The van der Waals surface area contributed by atoms with Crippen molar-refractivity contribution in [3.63, 3.8) is 0 Å². The lowest BCUT2D eigenvalue weighted by molar-refractivity contribution is 0.458. The third-order valence-electron chi connectivity index (χ3n) is 3.07. The number of nitrogens with one attached hydrogen (secondary N) is 1. The van der Waals surface area contributed by atoms with Crippen LogP contribution in [-0.2, 0) is 19.9 Å². The smallest absolute Gasteiger partial charge is 0.229 e. The Morgan fingerprint density at radius 3 is 2.55 bits per heavy atom. The molecular weight excluding hydrogens is 329 g/mol. The van der Waals surface area contributed by atoms with E-state index in [-0.39, 0.29) is 22.9 Å². The predicted molar refractivity (Wildman–Crippen MR) is 73.4 cm³/mol. The topological polar surface area (TPSA) is 80.3 Å². The van der Waals surface area contributed by atoms with Gasteiger partial charge in [0.15, 0.2) is 9.84 Å². The fourth-order valence-electron chi connectivity index (χ4n) is 2.16. The molecule has 1 N–H and O–H groups in total. The van der Waals surface area contributed by atoms with Crippen molar-refractivity contribution in [2.75, 3.05) is 11.5 Å². The molecule has 0 radical (unpaired) electrons. The van der Waals surface area contributed by atoms with E-state index in [2.05, 4.69) is 4.72 Å². The highest BCUT2D eigenvalue weighted by Gasteiger charge is 2.41. The molecule has 1 saturated heterocycles. The lowest BCUT2D eigenvalue weighted by atomic mass is 10.0. The van der Waals surface area contributed by atoms with Crippen LogP contribution in [0.1, 0.15) is 13.3 Å². The molecule has 0 aliphatic carbocycles. The van der Waals surface area contributed by atoms with E-state index < -0.39 is 36.1 Å². The summed E-state index contributed by atoms with van der Waals surface area (Å²) in [5.74, 6) is -1.36. The van der Waals surface area contributed by atoms with Gasteiger partial charge in [-0.2, -0.15) is 0 Å². The summed E-state index contributed by atoms with van der Waals surface area (Å²) in [6.07, 6.45) is 0.157. The van der Waals surface area contributed by atoms with E-state index >= 15 is 0 Å². The number of sulfonamides is 1. The van der Waals surface area contributed by atoms with Crippen molar-refractivity contribution in [2.45, 2.75) is 23.8 Å². The zero-order chi connectivity index (χ0) is 15.2. The number of sulfone groups is 1. The zero-order valence-corrected chi connectivity index (χ0v) is 12.9. The third kappa shape index (κ3) is 3.30. The van der Waals surface area contributed by atoms with Gasteiger partial charge in [-0.1, -0.05) is 11.6 Å². The van der Waals surface area contributed by atoms with E-state index in [4.69, 9.17) is 11.6 Å². The highest BCUT2D eigenvalue weighted by atomic mass is 35.5. The predicted octanol–water partition coefficient (Wildman–Crippen LogP) is 1.33. The minimum atomic E-state index is -4.15. The molecule has 1 aliphatic heterocycles. The van der Waals surface area contributed by atoms with Gasteiger partial charge in [0.1, 0.15) is 10.7 Å². The summed E-state index contributed by atoms with van der Waals surface area (Å²) < 4.78 is 63.2. The van der Waals surface area contributed by atoms with Gasteiger partial charge in [-0.25, -0.2) is 25.9 Å². The van der Waals surface area contributed by atoms with Crippen molar-refractivity contribution < 1.29 is 21.2 Å². The highest BCUT2D eigenvalue weighted by Crippen LogP contribution is 2.26. The SMILES string of the molecule is C[C@]1(NS(=O)(=O)c2ccc(Cl)cc2F)CCS(=O)(=O)C1. The van der Waals surface area contributed by atoms with Crippen LogP contribution in [-0.4, -0.2) is 33.9 Å². The molecule has 1 aromatic rings. The first-order valence-electron chi connectivity index (χ1n) is 5.73. The molecule has 0 amide bonds. The van der Waals surface area contributed by atoms with Crippen LogP contribution in [0.25, 0.3) is 0 Å². The maximum atomic E-state index is 13.7. The Kier molecular flexibility index (Phi) is 3.87. The molecule has 1 atom stereocenters. The van der Waals surface area contributed by atoms with Gasteiger partial charge in [0.05, 0.1) is 11.5 Å². The van der Waals surface area contributed by atoms with E-state index in [0.29, 0.717) is 0 Å². The Bertz CT molecular complexity index is 748. The maximum Gasteiger partial charge on any atom is 0.244 e. The van der Waals surface area contributed by atoms with Gasteiger partial charge >= 0.3 is 0 Å². The van der Waals surface area contributed by atoms with E-state index in [1.54, 1.807) is 0 Å². The molecular formula is C11H13ClFNO4S2. The summed E-state index contributed by atoms with van der Waals surface area (Å²) in [5.41, 5.74) is -1.12. The summed E-state index contributed by atoms with van der Waals surface area (Å²) >= 11 is 5.57. The molecule has 1 fully saturated rings. The molecule has 1 aliphatic rings. The van der Waals surface area contributed by atoms with Gasteiger partial charge in [0.25, 0.3) is 0 Å². The molecule has 1 aromatic carbocycles. The fraction of sp³-hybridized carbons (Fsp3) is 0.455. The molecule has 20 heavy (non-hydrogen) atoms. The van der Waals surface area contributed by atoms with E-state index in [0.717, 1.165) is 12.1 Å². The summed E-state index contributed by atoms with van der Waals surface area (Å²) in [7, 11) is -7.41. The second-order valence-electron chi connectivity index (χ2n) is 5.08. The first kappa shape index (κ1) is 15.7.